The van der Waals surface area contributed by atoms with Crippen LogP contribution in [0.25, 0.3) is 11.0 Å². The van der Waals surface area contributed by atoms with Crippen LogP contribution in [0.5, 0.6) is 5.88 Å². The van der Waals surface area contributed by atoms with Crippen LogP contribution in [-0.4, -0.2) is 41.9 Å². The average molecular weight is 477 g/mol. The molecule has 3 rings (SSSR count). The molecule has 0 aliphatic carbocycles. The molecule has 0 bridgehead atoms. The lowest BCUT2D eigenvalue weighted by atomic mass is 10.1. The van der Waals surface area contributed by atoms with E-state index in [0.717, 1.165) is 0 Å². The third-order valence-electron chi connectivity index (χ3n) is 4.36. The molecular weight excluding hydrogens is 451 g/mol. The van der Waals surface area contributed by atoms with Gasteiger partial charge in [0.2, 0.25) is 5.88 Å². The van der Waals surface area contributed by atoms with Crippen LogP contribution in [-0.2, 0) is 16.1 Å². The van der Waals surface area contributed by atoms with Crippen molar-refractivity contribution in [2.45, 2.75) is 33.0 Å². The first-order valence-electron chi connectivity index (χ1n) is 10.3. The van der Waals surface area contributed by atoms with Crippen molar-refractivity contribution in [3.8, 4) is 5.88 Å². The number of amides is 1. The highest BCUT2D eigenvalue weighted by atomic mass is 35.5. The second-order valence-corrected chi connectivity index (χ2v) is 8.52. The molecule has 0 atom stereocenters. The fourth-order valence-corrected chi connectivity index (χ4v) is 3.08. The fraction of sp³-hybridized carbons (Fsp3) is 0.348. The summed E-state index contributed by atoms with van der Waals surface area (Å²) in [5.41, 5.74) is 2.42. The molecule has 33 heavy (non-hydrogen) atoms. The number of halogens is 2. The van der Waals surface area contributed by atoms with Crippen LogP contribution in [0.2, 0.25) is 5.02 Å². The molecule has 0 aliphatic heterocycles. The van der Waals surface area contributed by atoms with Gasteiger partial charge in [0, 0.05) is 30.1 Å². The first-order valence-corrected chi connectivity index (χ1v) is 10.6. The summed E-state index contributed by atoms with van der Waals surface area (Å²) in [7, 11) is 1.53. The number of methoxy groups -OCH3 is 1. The van der Waals surface area contributed by atoms with Crippen LogP contribution >= 0.6 is 11.6 Å². The maximum absolute atomic E-state index is 14.2. The highest BCUT2D eigenvalue weighted by Gasteiger charge is 2.16. The van der Waals surface area contributed by atoms with Gasteiger partial charge in [0.05, 0.1) is 36.6 Å². The van der Waals surface area contributed by atoms with Gasteiger partial charge in [-0.05, 0) is 45.0 Å². The van der Waals surface area contributed by atoms with Crippen molar-refractivity contribution in [2.75, 3.05) is 25.6 Å². The van der Waals surface area contributed by atoms with Crippen LogP contribution in [0.4, 0.5) is 20.6 Å². The summed E-state index contributed by atoms with van der Waals surface area (Å²) in [6.45, 7) is 5.89. The zero-order chi connectivity index (χ0) is 24.0. The Hall–Kier alpha value is -3.17. The summed E-state index contributed by atoms with van der Waals surface area (Å²) in [6.07, 6.45) is 1.11. The van der Waals surface area contributed by atoms with Crippen LogP contribution in [0.15, 0.2) is 36.5 Å². The van der Waals surface area contributed by atoms with Crippen LogP contribution in [0, 0.1) is 5.82 Å². The van der Waals surface area contributed by atoms with Gasteiger partial charge in [-0.3, -0.25) is 4.98 Å². The molecule has 2 N–H and O–H groups in total. The number of alkyl carbamates (subject to hydrolysis) is 1. The first kappa shape index (κ1) is 24.5. The van der Waals surface area contributed by atoms with Gasteiger partial charge >= 0.3 is 6.09 Å². The Morgan fingerprint density at radius 2 is 1.97 bits per heavy atom. The number of nitrogens with one attached hydrogen (secondary N) is 2. The second-order valence-electron chi connectivity index (χ2n) is 8.11. The molecule has 10 heteroatoms. The lowest BCUT2D eigenvalue weighted by Crippen LogP contribution is -2.34. The summed E-state index contributed by atoms with van der Waals surface area (Å²) in [5.74, 6) is -0.121. The SMILES string of the molecule is COc1ccc2nccc(Nc3cc(Cl)c(F)cc3COCCNC(=O)OC(C)(C)C)c2n1. The summed E-state index contributed by atoms with van der Waals surface area (Å²) >= 11 is 6.02. The van der Waals surface area contributed by atoms with Crippen molar-refractivity contribution < 1.29 is 23.4 Å². The Kier molecular flexibility index (Phi) is 7.88. The first-order chi connectivity index (χ1) is 15.7. The van der Waals surface area contributed by atoms with E-state index < -0.39 is 17.5 Å². The van der Waals surface area contributed by atoms with Crippen molar-refractivity contribution in [3.63, 3.8) is 0 Å². The molecular formula is C23H26ClFN4O4. The molecule has 8 nitrogen and oxygen atoms in total. The Balaban J connectivity index is 1.71. The van der Waals surface area contributed by atoms with E-state index in [9.17, 15) is 9.18 Å². The van der Waals surface area contributed by atoms with E-state index in [1.54, 1.807) is 45.2 Å². The number of fused-ring (bicyclic) bond motifs is 1. The van der Waals surface area contributed by atoms with E-state index in [1.165, 1.54) is 19.2 Å². The van der Waals surface area contributed by atoms with E-state index in [0.29, 0.717) is 33.9 Å². The molecule has 1 aromatic carbocycles. The van der Waals surface area contributed by atoms with Gasteiger partial charge in [0.15, 0.2) is 0 Å². The number of carbonyl (C=O) groups excluding carboxylic acids is 1. The number of carbonyl (C=O) groups is 1. The lowest BCUT2D eigenvalue weighted by molar-refractivity contribution is 0.0494. The number of aromatic nitrogens is 2. The Morgan fingerprint density at radius 1 is 1.18 bits per heavy atom. The van der Waals surface area contributed by atoms with Crippen LogP contribution in [0.3, 0.4) is 0 Å². The molecule has 0 radical (unpaired) electrons. The van der Waals surface area contributed by atoms with Gasteiger partial charge in [0.25, 0.3) is 0 Å². The molecule has 0 fully saturated rings. The van der Waals surface area contributed by atoms with Gasteiger partial charge in [-0.25, -0.2) is 14.2 Å². The summed E-state index contributed by atoms with van der Waals surface area (Å²) < 4.78 is 30.2. The standard InChI is InChI=1S/C23H26ClFN4O4/c1-23(2,3)33-22(30)27-9-10-32-13-14-11-16(25)15(24)12-19(14)28-18-7-8-26-17-5-6-20(31-4)29-21(17)18/h5-8,11-12H,9-10,13H2,1-4H3,(H,26,28)(H,27,30). The minimum absolute atomic E-state index is 0.0308. The fourth-order valence-electron chi connectivity index (χ4n) is 2.91. The number of benzene rings is 1. The normalized spacial score (nSPS) is 11.3. The number of hydrogen-bond donors (Lipinski definition) is 2. The molecule has 1 amide bonds. The Labute approximate surface area is 196 Å². The Morgan fingerprint density at radius 3 is 2.70 bits per heavy atom. The second kappa shape index (κ2) is 10.6. The molecule has 0 spiro atoms. The minimum Gasteiger partial charge on any atom is -0.481 e. The highest BCUT2D eigenvalue weighted by Crippen LogP contribution is 2.31. The van der Waals surface area contributed by atoms with E-state index in [4.69, 9.17) is 25.8 Å². The molecule has 3 aromatic rings. The summed E-state index contributed by atoms with van der Waals surface area (Å²) in [4.78, 5) is 20.5. The number of hydrogen-bond acceptors (Lipinski definition) is 7. The highest BCUT2D eigenvalue weighted by molar-refractivity contribution is 6.31. The molecule has 2 heterocycles. The number of rotatable bonds is 8. The van der Waals surface area contributed by atoms with Gasteiger partial charge in [-0.15, -0.1) is 0 Å². The third-order valence-corrected chi connectivity index (χ3v) is 4.64. The van der Waals surface area contributed by atoms with Gasteiger partial charge < -0.3 is 24.8 Å². The molecule has 2 aromatic heterocycles. The maximum Gasteiger partial charge on any atom is 0.407 e. The van der Waals surface area contributed by atoms with E-state index in [-0.39, 0.29) is 24.8 Å². The van der Waals surface area contributed by atoms with E-state index in [2.05, 4.69) is 20.6 Å². The number of nitrogens with zero attached hydrogens (tertiary/aromatic N) is 2. The number of pyridine rings is 2. The zero-order valence-electron chi connectivity index (χ0n) is 18.9. The van der Waals surface area contributed by atoms with Crippen molar-refractivity contribution in [1.29, 1.82) is 0 Å². The zero-order valence-corrected chi connectivity index (χ0v) is 19.6. The van der Waals surface area contributed by atoms with Crippen LogP contribution in [0.1, 0.15) is 26.3 Å². The lowest BCUT2D eigenvalue weighted by Gasteiger charge is -2.19. The van der Waals surface area contributed by atoms with Crippen molar-refractivity contribution >= 4 is 40.1 Å². The van der Waals surface area contributed by atoms with Gasteiger partial charge in [0.1, 0.15) is 16.9 Å². The quantitative estimate of drug-likeness (QED) is 0.430. The van der Waals surface area contributed by atoms with E-state index >= 15 is 0 Å². The van der Waals surface area contributed by atoms with Crippen molar-refractivity contribution in [3.05, 3.63) is 52.9 Å². The number of anilines is 2. The predicted molar refractivity (Wildman–Crippen MR) is 125 cm³/mol. The molecule has 0 saturated heterocycles. The average Bonchev–Trinajstić information content (AvgIpc) is 2.75. The monoisotopic (exact) mass is 476 g/mol. The summed E-state index contributed by atoms with van der Waals surface area (Å²) in [5, 5.41) is 5.82. The van der Waals surface area contributed by atoms with E-state index in [1.807, 2.05) is 0 Å². The van der Waals surface area contributed by atoms with Crippen molar-refractivity contribution in [2.24, 2.45) is 0 Å². The molecule has 176 valence electrons. The molecule has 0 unspecified atom stereocenters. The minimum atomic E-state index is -0.581. The topological polar surface area (TPSA) is 94.6 Å². The van der Waals surface area contributed by atoms with Crippen LogP contribution < -0.4 is 15.4 Å². The van der Waals surface area contributed by atoms with Gasteiger partial charge in [-0.1, -0.05) is 11.6 Å². The Bertz CT molecular complexity index is 1140. The summed E-state index contributed by atoms with van der Waals surface area (Å²) in [6, 6.07) is 8.07. The smallest absolute Gasteiger partial charge is 0.407 e. The third kappa shape index (κ3) is 6.90. The molecule has 0 aliphatic rings. The van der Waals surface area contributed by atoms with Gasteiger partial charge in [-0.2, -0.15) is 0 Å². The maximum atomic E-state index is 14.2. The largest absolute Gasteiger partial charge is 0.481 e. The van der Waals surface area contributed by atoms with Crippen molar-refractivity contribution in [1.82, 2.24) is 15.3 Å². The predicted octanol–water partition coefficient (Wildman–Crippen LogP) is 5.22. The number of ether oxygens (including phenoxy) is 3. The molecule has 0 saturated carbocycles.